The monoisotopic (exact) mass is 451 g/mol. The van der Waals surface area contributed by atoms with Crippen LogP contribution in [-0.2, 0) is 29.4 Å². The van der Waals surface area contributed by atoms with Gasteiger partial charge < -0.3 is 9.88 Å². The lowest BCUT2D eigenvalue weighted by Crippen LogP contribution is -3.13. The average Bonchev–Trinajstić information content (AvgIpc) is 3.37. The number of thiophene rings is 2. The van der Waals surface area contributed by atoms with Gasteiger partial charge in [0.25, 0.3) is 15.6 Å². The van der Waals surface area contributed by atoms with Crippen molar-refractivity contribution in [1.29, 1.82) is 0 Å². The van der Waals surface area contributed by atoms with E-state index in [-0.39, 0.29) is 5.56 Å². The van der Waals surface area contributed by atoms with Crippen molar-refractivity contribution < 1.29 is 13.3 Å². The molecule has 3 aromatic rings. The second-order valence-electron chi connectivity index (χ2n) is 7.67. The Kier molecular flexibility index (Phi) is 5.07. The summed E-state index contributed by atoms with van der Waals surface area (Å²) in [6.45, 7) is 2.98. The summed E-state index contributed by atoms with van der Waals surface area (Å²) in [6.07, 6.45) is 4.36. The number of hydrogen-bond donors (Lipinski definition) is 2. The van der Waals surface area contributed by atoms with Crippen LogP contribution in [0.3, 0.4) is 0 Å². The number of aryl methyl sites for hydroxylation is 2. The number of sulfonamides is 1. The molecule has 2 aliphatic rings. The molecule has 1 aliphatic heterocycles. The number of rotatable bonds is 4. The molecular formula is C19H23N4O3S3+. The highest BCUT2D eigenvalue weighted by atomic mass is 32.2. The molecule has 0 amide bonds. The first kappa shape index (κ1) is 19.4. The minimum atomic E-state index is -3.39. The quantitative estimate of drug-likeness (QED) is 0.620. The van der Waals surface area contributed by atoms with Crippen molar-refractivity contribution in [1.82, 2.24) is 14.3 Å². The molecule has 4 heterocycles. The summed E-state index contributed by atoms with van der Waals surface area (Å²) in [5, 5.41) is 2.57. The smallest absolute Gasteiger partial charge is 0.260 e. The second-order valence-corrected chi connectivity index (χ2v) is 11.9. The van der Waals surface area contributed by atoms with Crippen molar-refractivity contribution in [3.63, 3.8) is 0 Å². The molecule has 0 saturated carbocycles. The second kappa shape index (κ2) is 7.59. The number of nitrogens with zero attached hydrogens (tertiary/aromatic N) is 2. The van der Waals surface area contributed by atoms with E-state index in [4.69, 9.17) is 4.98 Å². The maximum Gasteiger partial charge on any atom is 0.260 e. The van der Waals surface area contributed by atoms with Gasteiger partial charge in [0.05, 0.1) is 31.6 Å². The zero-order chi connectivity index (χ0) is 20.0. The molecule has 0 radical (unpaired) electrons. The molecule has 0 spiro atoms. The molecular weight excluding hydrogens is 428 g/mol. The third-order valence-corrected chi connectivity index (χ3v) is 10.3. The largest absolute Gasteiger partial charge is 0.326 e. The van der Waals surface area contributed by atoms with Gasteiger partial charge in [-0.1, -0.05) is 6.07 Å². The van der Waals surface area contributed by atoms with Crippen LogP contribution in [0.15, 0.2) is 26.5 Å². The van der Waals surface area contributed by atoms with Gasteiger partial charge in [-0.05, 0) is 42.7 Å². The molecule has 5 rings (SSSR count). The molecule has 3 aromatic heterocycles. The first-order chi connectivity index (χ1) is 14.0. The highest BCUT2D eigenvalue weighted by molar-refractivity contribution is 7.91. The third kappa shape index (κ3) is 3.57. The number of piperazine rings is 1. The van der Waals surface area contributed by atoms with E-state index in [0.29, 0.717) is 42.8 Å². The van der Waals surface area contributed by atoms with Crippen LogP contribution in [0, 0.1) is 0 Å². The van der Waals surface area contributed by atoms with Gasteiger partial charge in [0.15, 0.2) is 5.82 Å². The van der Waals surface area contributed by atoms with Gasteiger partial charge in [0.1, 0.15) is 15.6 Å². The summed E-state index contributed by atoms with van der Waals surface area (Å²) in [6, 6.07) is 3.42. The van der Waals surface area contributed by atoms with Crippen LogP contribution >= 0.6 is 22.7 Å². The lowest BCUT2D eigenvalue weighted by Gasteiger charge is -2.30. The molecule has 1 saturated heterocycles. The Bertz CT molecular complexity index is 1190. The number of H-pyrrole nitrogens is 1. The van der Waals surface area contributed by atoms with Crippen molar-refractivity contribution in [3.05, 3.63) is 44.1 Å². The topological polar surface area (TPSA) is 87.6 Å². The molecule has 10 heteroatoms. The van der Waals surface area contributed by atoms with Crippen LogP contribution < -0.4 is 10.5 Å². The summed E-state index contributed by atoms with van der Waals surface area (Å²) in [7, 11) is -3.39. The van der Waals surface area contributed by atoms with E-state index in [1.807, 2.05) is 0 Å². The number of fused-ring (bicyclic) bond motifs is 3. The van der Waals surface area contributed by atoms with E-state index in [2.05, 4.69) is 4.98 Å². The van der Waals surface area contributed by atoms with E-state index in [1.54, 1.807) is 33.2 Å². The fourth-order valence-corrected chi connectivity index (χ4v) is 8.15. The number of aromatic nitrogens is 2. The molecule has 7 nitrogen and oxygen atoms in total. The Hall–Kier alpha value is -1.59. The number of aromatic amines is 1. The van der Waals surface area contributed by atoms with Crippen molar-refractivity contribution in [2.45, 2.75) is 36.4 Å². The zero-order valence-corrected chi connectivity index (χ0v) is 18.4. The first-order valence-corrected chi connectivity index (χ1v) is 13.1. The van der Waals surface area contributed by atoms with Gasteiger partial charge in [-0.3, -0.25) is 4.79 Å². The molecule has 29 heavy (non-hydrogen) atoms. The number of hydrogen-bond acceptors (Lipinski definition) is 6. The molecule has 154 valence electrons. The molecule has 0 aromatic carbocycles. The van der Waals surface area contributed by atoms with Gasteiger partial charge >= 0.3 is 0 Å². The van der Waals surface area contributed by atoms with Crippen LogP contribution in [0.4, 0.5) is 0 Å². The number of quaternary nitrogens is 1. The maximum atomic E-state index is 12.7. The third-order valence-electron chi connectivity index (χ3n) is 5.81. The van der Waals surface area contributed by atoms with E-state index < -0.39 is 10.0 Å². The molecule has 2 N–H and O–H groups in total. The Labute approximate surface area is 177 Å². The van der Waals surface area contributed by atoms with Crippen LogP contribution in [0.1, 0.15) is 29.1 Å². The molecule has 0 atom stereocenters. The lowest BCUT2D eigenvalue weighted by molar-refractivity contribution is -0.917. The van der Waals surface area contributed by atoms with E-state index in [0.717, 1.165) is 29.5 Å². The van der Waals surface area contributed by atoms with E-state index in [9.17, 15) is 13.2 Å². The molecule has 1 aliphatic carbocycles. The van der Waals surface area contributed by atoms with Crippen molar-refractivity contribution in [3.8, 4) is 0 Å². The Morgan fingerprint density at radius 3 is 2.76 bits per heavy atom. The summed E-state index contributed by atoms with van der Waals surface area (Å²) < 4.78 is 27.3. The van der Waals surface area contributed by atoms with Gasteiger partial charge in [-0.25, -0.2) is 13.4 Å². The number of nitrogens with one attached hydrogen (secondary N) is 2. The molecule has 1 fully saturated rings. The van der Waals surface area contributed by atoms with E-state index in [1.165, 1.54) is 33.1 Å². The summed E-state index contributed by atoms with van der Waals surface area (Å²) in [4.78, 5) is 23.9. The summed E-state index contributed by atoms with van der Waals surface area (Å²) >= 11 is 2.92. The Balaban J connectivity index is 1.31. The fraction of sp³-hybridized carbons (Fsp3) is 0.474. The van der Waals surface area contributed by atoms with Crippen LogP contribution in [0.25, 0.3) is 10.2 Å². The fourth-order valence-electron chi connectivity index (χ4n) is 4.29. The molecule has 0 unspecified atom stereocenters. The predicted molar refractivity (Wildman–Crippen MR) is 114 cm³/mol. The highest BCUT2D eigenvalue weighted by Crippen LogP contribution is 2.33. The SMILES string of the molecule is O=c1[nH]c(C[NH+]2CCN(S(=O)(=O)c3cccs3)CC2)nc2sc3c(c12)CCCC3. The molecule has 0 bridgehead atoms. The maximum absolute atomic E-state index is 12.7. The van der Waals surface area contributed by atoms with Gasteiger partial charge in [0, 0.05) is 4.88 Å². The predicted octanol–water partition coefficient (Wildman–Crippen LogP) is 1.01. The summed E-state index contributed by atoms with van der Waals surface area (Å²) in [5.41, 5.74) is 1.18. The van der Waals surface area contributed by atoms with Crippen LogP contribution in [0.2, 0.25) is 0 Å². The van der Waals surface area contributed by atoms with Crippen LogP contribution in [-0.4, -0.2) is 48.9 Å². The lowest BCUT2D eigenvalue weighted by atomic mass is 9.97. The normalized spacial score (nSPS) is 18.9. The summed E-state index contributed by atoms with van der Waals surface area (Å²) in [5.74, 6) is 0.700. The van der Waals surface area contributed by atoms with Gasteiger partial charge in [0.2, 0.25) is 0 Å². The Morgan fingerprint density at radius 1 is 1.21 bits per heavy atom. The van der Waals surface area contributed by atoms with Gasteiger partial charge in [-0.15, -0.1) is 22.7 Å². The van der Waals surface area contributed by atoms with Crippen molar-refractivity contribution >= 4 is 42.9 Å². The van der Waals surface area contributed by atoms with E-state index >= 15 is 0 Å². The minimum absolute atomic E-state index is 0.0253. The van der Waals surface area contributed by atoms with Crippen molar-refractivity contribution in [2.24, 2.45) is 0 Å². The van der Waals surface area contributed by atoms with Crippen LogP contribution in [0.5, 0.6) is 0 Å². The minimum Gasteiger partial charge on any atom is -0.326 e. The van der Waals surface area contributed by atoms with Gasteiger partial charge in [-0.2, -0.15) is 4.31 Å². The zero-order valence-electron chi connectivity index (χ0n) is 15.9. The average molecular weight is 452 g/mol. The first-order valence-electron chi connectivity index (χ1n) is 9.93. The highest BCUT2D eigenvalue weighted by Gasteiger charge is 2.31. The standard InChI is InChI=1S/C19H22N4O3S3/c24-18-17-13-4-1-2-5-14(13)28-19(17)21-15(20-18)12-22-7-9-23(10-8-22)29(25,26)16-6-3-11-27-16/h3,6,11H,1-2,4-5,7-10,12H2,(H,20,21,24)/p+1. The van der Waals surface area contributed by atoms with Crippen molar-refractivity contribution in [2.75, 3.05) is 26.2 Å². The Morgan fingerprint density at radius 2 is 2.00 bits per heavy atom.